The van der Waals surface area contributed by atoms with Gasteiger partial charge >= 0.3 is 5.97 Å². The van der Waals surface area contributed by atoms with E-state index in [1.54, 1.807) is 0 Å². The fourth-order valence-electron chi connectivity index (χ4n) is 2.12. The zero-order chi connectivity index (χ0) is 16.5. The molecule has 122 valence electrons. The van der Waals surface area contributed by atoms with E-state index in [-0.39, 0.29) is 12.8 Å². The lowest BCUT2D eigenvalue weighted by Gasteiger charge is -2.28. The number of rotatable bonds is 11. The third kappa shape index (κ3) is 11.0. The largest absolute Gasteiger partial charge is 0.481 e. The molecule has 0 heterocycles. The number of carboxylic acids is 1. The fraction of sp³-hybridized carbons (Fsp3) is 0.800. The number of nitrogens with zero attached hydrogens (tertiary/aromatic N) is 1. The number of hydrogen-bond acceptors (Lipinski definition) is 3. The monoisotopic (exact) mass is 301 g/mol. The zero-order valence-electron chi connectivity index (χ0n) is 13.6. The highest BCUT2D eigenvalue weighted by molar-refractivity contribution is 6.36. The van der Waals surface area contributed by atoms with Crippen LogP contribution < -0.4 is 5.32 Å². The molecule has 0 rings (SSSR count). The van der Waals surface area contributed by atoms with Crippen molar-refractivity contribution in [1.29, 1.82) is 0 Å². The molecule has 0 aromatic heterocycles. The number of carbonyl (C=O) groups excluding carboxylic acids is 2. The molecule has 0 spiro atoms. The van der Waals surface area contributed by atoms with Crippen LogP contribution in [0.15, 0.2) is 0 Å². The Labute approximate surface area is 127 Å². The van der Waals surface area contributed by atoms with E-state index in [0.29, 0.717) is 17.4 Å². The SMILES string of the molecule is CCCCCCC(=O)C(=O)N[C@H](CC(=O)O)C[N+](C)(C)C. The van der Waals surface area contributed by atoms with Gasteiger partial charge < -0.3 is 14.9 Å². The zero-order valence-corrected chi connectivity index (χ0v) is 13.6. The van der Waals surface area contributed by atoms with Crippen LogP contribution in [-0.4, -0.2) is 61.0 Å². The van der Waals surface area contributed by atoms with Crippen LogP contribution in [0.1, 0.15) is 45.4 Å². The molecule has 0 aromatic rings. The van der Waals surface area contributed by atoms with Gasteiger partial charge in [-0.2, -0.15) is 0 Å². The molecular formula is C15H29N2O4+. The topological polar surface area (TPSA) is 83.5 Å². The average molecular weight is 301 g/mol. The maximum absolute atomic E-state index is 11.8. The van der Waals surface area contributed by atoms with E-state index in [9.17, 15) is 14.4 Å². The van der Waals surface area contributed by atoms with E-state index >= 15 is 0 Å². The van der Waals surface area contributed by atoms with Crippen molar-refractivity contribution in [3.63, 3.8) is 0 Å². The summed E-state index contributed by atoms with van der Waals surface area (Å²) < 4.78 is 0.517. The molecule has 0 bridgehead atoms. The van der Waals surface area contributed by atoms with Crippen molar-refractivity contribution >= 4 is 17.7 Å². The van der Waals surface area contributed by atoms with Gasteiger partial charge in [-0.05, 0) is 6.42 Å². The van der Waals surface area contributed by atoms with Gasteiger partial charge in [-0.15, -0.1) is 0 Å². The molecule has 21 heavy (non-hydrogen) atoms. The minimum absolute atomic E-state index is 0.176. The summed E-state index contributed by atoms with van der Waals surface area (Å²) in [6.45, 7) is 2.54. The van der Waals surface area contributed by atoms with E-state index < -0.39 is 23.7 Å². The number of aliphatic carboxylic acids is 1. The van der Waals surface area contributed by atoms with E-state index in [4.69, 9.17) is 5.11 Å². The number of hydrogen-bond donors (Lipinski definition) is 2. The van der Waals surface area contributed by atoms with Crippen molar-refractivity contribution in [2.75, 3.05) is 27.7 Å². The number of quaternary nitrogens is 1. The predicted molar refractivity (Wildman–Crippen MR) is 80.8 cm³/mol. The molecular weight excluding hydrogens is 272 g/mol. The van der Waals surface area contributed by atoms with E-state index in [2.05, 4.69) is 12.2 Å². The molecule has 1 atom stereocenters. The van der Waals surface area contributed by atoms with Crippen LogP contribution in [0.5, 0.6) is 0 Å². The van der Waals surface area contributed by atoms with Crippen molar-refractivity contribution in [1.82, 2.24) is 5.32 Å². The number of carboxylic acid groups (broad SMARTS) is 1. The molecule has 0 aliphatic heterocycles. The summed E-state index contributed by atoms with van der Waals surface area (Å²) in [6.07, 6.45) is 3.83. The van der Waals surface area contributed by atoms with E-state index in [0.717, 1.165) is 19.3 Å². The van der Waals surface area contributed by atoms with Crippen LogP contribution in [-0.2, 0) is 14.4 Å². The van der Waals surface area contributed by atoms with Gasteiger partial charge in [-0.25, -0.2) is 0 Å². The average Bonchev–Trinajstić information content (AvgIpc) is 2.31. The molecule has 2 N–H and O–H groups in total. The quantitative estimate of drug-likeness (QED) is 0.341. The van der Waals surface area contributed by atoms with Crippen molar-refractivity contribution in [2.24, 2.45) is 0 Å². The number of unbranched alkanes of at least 4 members (excludes halogenated alkanes) is 3. The van der Waals surface area contributed by atoms with Crippen LogP contribution in [0, 0.1) is 0 Å². The summed E-state index contributed by atoms with van der Waals surface area (Å²) in [5, 5.41) is 11.5. The fourth-order valence-corrected chi connectivity index (χ4v) is 2.12. The number of carbonyl (C=O) groups is 3. The normalized spacial score (nSPS) is 12.8. The summed E-state index contributed by atoms with van der Waals surface area (Å²) in [5.74, 6) is -2.10. The molecule has 1 amide bonds. The first-order valence-corrected chi connectivity index (χ1v) is 7.51. The molecule has 6 heteroatoms. The minimum Gasteiger partial charge on any atom is -0.481 e. The molecule has 0 aliphatic carbocycles. The van der Waals surface area contributed by atoms with Gasteiger partial charge in [-0.1, -0.05) is 26.2 Å². The Balaban J connectivity index is 4.37. The molecule has 6 nitrogen and oxygen atoms in total. The molecule has 0 unspecified atom stereocenters. The van der Waals surface area contributed by atoms with Crippen LogP contribution >= 0.6 is 0 Å². The molecule has 0 radical (unpaired) electrons. The standard InChI is InChI=1S/C15H28N2O4/c1-5-6-7-8-9-13(18)15(21)16-12(10-14(19)20)11-17(2,3)4/h12H,5-11H2,1-4H3,(H-,16,19,20,21)/p+1/t12-/m1/s1. The van der Waals surface area contributed by atoms with Crippen molar-refractivity contribution in [2.45, 2.75) is 51.5 Å². The van der Waals surface area contributed by atoms with Gasteiger partial charge in [0.05, 0.1) is 40.2 Å². The van der Waals surface area contributed by atoms with Gasteiger partial charge in [0.25, 0.3) is 5.91 Å². The van der Waals surface area contributed by atoms with Crippen molar-refractivity contribution in [3.05, 3.63) is 0 Å². The van der Waals surface area contributed by atoms with Crippen LogP contribution in [0.2, 0.25) is 0 Å². The summed E-state index contributed by atoms with van der Waals surface area (Å²) in [6, 6.07) is -0.533. The Morgan fingerprint density at radius 1 is 1.10 bits per heavy atom. The highest BCUT2D eigenvalue weighted by Gasteiger charge is 2.25. The summed E-state index contributed by atoms with van der Waals surface area (Å²) in [5.41, 5.74) is 0. The smallest absolute Gasteiger partial charge is 0.305 e. The number of nitrogens with one attached hydrogen (secondary N) is 1. The first-order chi connectivity index (χ1) is 9.65. The molecule has 0 aliphatic rings. The second-order valence-electron chi connectivity index (χ2n) is 6.47. The molecule has 0 saturated heterocycles. The van der Waals surface area contributed by atoms with E-state index in [1.165, 1.54) is 0 Å². The van der Waals surface area contributed by atoms with Gasteiger partial charge in [0.2, 0.25) is 5.78 Å². The Hall–Kier alpha value is -1.43. The van der Waals surface area contributed by atoms with E-state index in [1.807, 2.05) is 21.1 Å². The highest BCUT2D eigenvalue weighted by Crippen LogP contribution is 2.04. The lowest BCUT2D eigenvalue weighted by molar-refractivity contribution is -0.871. The number of ketones is 1. The summed E-state index contributed by atoms with van der Waals surface area (Å²) in [7, 11) is 5.73. The molecule has 0 aromatic carbocycles. The van der Waals surface area contributed by atoms with Gasteiger partial charge in [0.1, 0.15) is 0 Å². The summed E-state index contributed by atoms with van der Waals surface area (Å²) in [4.78, 5) is 34.4. The van der Waals surface area contributed by atoms with Gasteiger partial charge in [-0.3, -0.25) is 14.4 Å². The second kappa shape index (κ2) is 9.50. The highest BCUT2D eigenvalue weighted by atomic mass is 16.4. The lowest BCUT2D eigenvalue weighted by Crippen LogP contribution is -2.51. The van der Waals surface area contributed by atoms with Crippen LogP contribution in [0.4, 0.5) is 0 Å². The maximum Gasteiger partial charge on any atom is 0.305 e. The Kier molecular flexibility index (Phi) is 8.85. The number of Topliss-reactive ketones (excluding diaryl/α,β-unsaturated/α-hetero) is 1. The number of likely N-dealkylation sites (N-methyl/N-ethyl adjacent to an activating group) is 1. The van der Waals surface area contributed by atoms with Crippen molar-refractivity contribution < 1.29 is 24.0 Å². The summed E-state index contributed by atoms with van der Waals surface area (Å²) >= 11 is 0. The second-order valence-corrected chi connectivity index (χ2v) is 6.47. The Morgan fingerprint density at radius 2 is 1.71 bits per heavy atom. The van der Waals surface area contributed by atoms with Crippen molar-refractivity contribution in [3.8, 4) is 0 Å². The Bertz CT molecular complexity index is 361. The number of amides is 1. The lowest BCUT2D eigenvalue weighted by atomic mass is 10.1. The third-order valence-corrected chi connectivity index (χ3v) is 3.03. The first-order valence-electron chi connectivity index (χ1n) is 7.51. The Morgan fingerprint density at radius 3 is 2.19 bits per heavy atom. The minimum atomic E-state index is -0.982. The molecule has 0 saturated carbocycles. The van der Waals surface area contributed by atoms with Crippen LogP contribution in [0.25, 0.3) is 0 Å². The van der Waals surface area contributed by atoms with Gasteiger partial charge in [0.15, 0.2) is 0 Å². The maximum atomic E-state index is 11.8. The molecule has 0 fully saturated rings. The predicted octanol–water partition coefficient (Wildman–Crippen LogP) is 1.19. The van der Waals surface area contributed by atoms with Crippen LogP contribution in [0.3, 0.4) is 0 Å². The first kappa shape index (κ1) is 19.6. The third-order valence-electron chi connectivity index (χ3n) is 3.03. The van der Waals surface area contributed by atoms with Gasteiger partial charge in [0, 0.05) is 6.42 Å².